The molecule has 1 unspecified atom stereocenters. The number of carbonyl (C=O) groups is 2. The largest absolute Gasteiger partial charge is 0.497 e. The molecule has 156 valence electrons. The molecular weight excluding hydrogens is 392 g/mol. The minimum absolute atomic E-state index is 0.141. The number of aromatic amines is 1. The summed E-state index contributed by atoms with van der Waals surface area (Å²) in [5.74, 6) is 1.13. The van der Waals surface area contributed by atoms with E-state index in [0.717, 1.165) is 5.39 Å². The monoisotopic (exact) mass is 412 g/mol. The zero-order valence-electron chi connectivity index (χ0n) is 16.6. The summed E-state index contributed by atoms with van der Waals surface area (Å²) < 4.78 is 26.4. The summed E-state index contributed by atoms with van der Waals surface area (Å²) in [5, 5.41) is 3.41. The molecule has 2 aromatic carbocycles. The van der Waals surface area contributed by atoms with E-state index in [0.29, 0.717) is 34.2 Å². The number of anilines is 1. The van der Waals surface area contributed by atoms with Gasteiger partial charge in [-0.2, -0.15) is 0 Å². The summed E-state index contributed by atoms with van der Waals surface area (Å²) >= 11 is 0. The predicted molar refractivity (Wildman–Crippen MR) is 107 cm³/mol. The molecule has 0 aliphatic carbocycles. The number of rotatable bonds is 6. The van der Waals surface area contributed by atoms with Gasteiger partial charge in [-0.25, -0.2) is 4.79 Å². The fraction of sp³-hybridized carbons (Fsp3) is 0.238. The van der Waals surface area contributed by atoms with Crippen molar-refractivity contribution in [2.45, 2.75) is 13.0 Å². The van der Waals surface area contributed by atoms with Crippen LogP contribution in [0.15, 0.2) is 36.4 Å². The Morgan fingerprint density at radius 2 is 1.87 bits per heavy atom. The Morgan fingerprint density at radius 1 is 1.07 bits per heavy atom. The highest BCUT2D eigenvalue weighted by Gasteiger charge is 2.22. The zero-order chi connectivity index (χ0) is 21.3. The van der Waals surface area contributed by atoms with E-state index in [-0.39, 0.29) is 12.5 Å². The lowest BCUT2D eigenvalue weighted by Crippen LogP contribution is -2.30. The van der Waals surface area contributed by atoms with Gasteiger partial charge in [0.1, 0.15) is 17.2 Å². The Morgan fingerprint density at radius 3 is 2.63 bits per heavy atom. The Hall–Kier alpha value is -3.88. The summed E-state index contributed by atoms with van der Waals surface area (Å²) in [6.45, 7) is 1.63. The Bertz CT molecular complexity index is 1120. The molecule has 1 aliphatic rings. The van der Waals surface area contributed by atoms with E-state index in [1.807, 2.05) is 0 Å². The molecule has 9 heteroatoms. The van der Waals surface area contributed by atoms with E-state index in [9.17, 15) is 9.59 Å². The number of benzene rings is 2. The molecule has 0 saturated carbocycles. The quantitative estimate of drug-likeness (QED) is 0.599. The van der Waals surface area contributed by atoms with Crippen LogP contribution in [0.1, 0.15) is 17.4 Å². The summed E-state index contributed by atoms with van der Waals surface area (Å²) in [5.41, 5.74) is 1.33. The fourth-order valence-corrected chi connectivity index (χ4v) is 3.07. The van der Waals surface area contributed by atoms with Crippen molar-refractivity contribution in [3.63, 3.8) is 0 Å². The Balaban J connectivity index is 1.45. The van der Waals surface area contributed by atoms with Crippen molar-refractivity contribution in [3.8, 4) is 23.0 Å². The Kier molecular flexibility index (Phi) is 5.09. The van der Waals surface area contributed by atoms with Gasteiger partial charge in [0, 0.05) is 23.2 Å². The summed E-state index contributed by atoms with van der Waals surface area (Å²) in [6.07, 6.45) is -1.02. The van der Waals surface area contributed by atoms with Gasteiger partial charge < -0.3 is 34.0 Å². The number of aromatic nitrogens is 1. The van der Waals surface area contributed by atoms with Gasteiger partial charge >= 0.3 is 5.97 Å². The second-order valence-electron chi connectivity index (χ2n) is 6.58. The van der Waals surface area contributed by atoms with Crippen molar-refractivity contribution in [1.29, 1.82) is 0 Å². The van der Waals surface area contributed by atoms with Crippen LogP contribution >= 0.6 is 0 Å². The van der Waals surface area contributed by atoms with Gasteiger partial charge in [0.2, 0.25) is 6.79 Å². The van der Waals surface area contributed by atoms with E-state index >= 15 is 0 Å². The maximum Gasteiger partial charge on any atom is 0.355 e. The Labute approximate surface area is 171 Å². The predicted octanol–water partition coefficient (Wildman–Crippen LogP) is 3.10. The highest BCUT2D eigenvalue weighted by Crippen LogP contribution is 2.34. The molecule has 1 atom stereocenters. The van der Waals surface area contributed by atoms with Crippen molar-refractivity contribution in [2.24, 2.45) is 0 Å². The lowest BCUT2D eigenvalue weighted by Gasteiger charge is -2.13. The number of amides is 1. The summed E-state index contributed by atoms with van der Waals surface area (Å²) in [6, 6.07) is 10.1. The molecule has 0 bridgehead atoms. The van der Waals surface area contributed by atoms with Crippen molar-refractivity contribution in [3.05, 3.63) is 42.1 Å². The average Bonchev–Trinajstić information content (AvgIpc) is 3.39. The molecule has 9 nitrogen and oxygen atoms in total. The first-order valence-corrected chi connectivity index (χ1v) is 9.14. The second-order valence-corrected chi connectivity index (χ2v) is 6.58. The lowest BCUT2D eigenvalue weighted by atomic mass is 10.2. The van der Waals surface area contributed by atoms with E-state index in [4.69, 9.17) is 23.7 Å². The van der Waals surface area contributed by atoms with Gasteiger partial charge in [0.05, 0.1) is 19.7 Å². The van der Waals surface area contributed by atoms with Crippen molar-refractivity contribution in [2.75, 3.05) is 26.3 Å². The number of carbonyl (C=O) groups excluding carboxylic acids is 2. The highest BCUT2D eigenvalue weighted by molar-refractivity contribution is 6.00. The molecule has 0 saturated heterocycles. The molecule has 2 heterocycles. The van der Waals surface area contributed by atoms with Gasteiger partial charge in [-0.1, -0.05) is 0 Å². The second kappa shape index (κ2) is 7.86. The molecular formula is C21H20N2O7. The van der Waals surface area contributed by atoms with E-state index < -0.39 is 18.0 Å². The molecule has 0 fully saturated rings. The number of methoxy groups -OCH3 is 2. The zero-order valence-corrected chi connectivity index (χ0v) is 16.6. The molecule has 3 aromatic rings. The standard InChI is InChI=1S/C21H20N2O7/c1-11(20(24)22-13-4-5-16-17(8-13)29-10-28-16)30-21(25)15-7-12-6-14(26-2)9-18(27-3)19(12)23-15/h4-9,11,23H,10H2,1-3H3,(H,22,24). The molecule has 2 N–H and O–H groups in total. The third-order valence-electron chi connectivity index (χ3n) is 4.63. The van der Waals surface area contributed by atoms with Gasteiger partial charge in [-0.15, -0.1) is 0 Å². The van der Waals surface area contributed by atoms with Crippen LogP contribution in [0, 0.1) is 0 Å². The number of esters is 1. The van der Waals surface area contributed by atoms with Crippen molar-refractivity contribution in [1.82, 2.24) is 4.98 Å². The topological polar surface area (TPSA) is 108 Å². The normalized spacial score (nSPS) is 13.0. The smallest absolute Gasteiger partial charge is 0.355 e. The molecule has 4 rings (SSSR count). The summed E-state index contributed by atoms with van der Waals surface area (Å²) in [4.78, 5) is 27.9. The van der Waals surface area contributed by atoms with Crippen LogP contribution < -0.4 is 24.3 Å². The minimum atomic E-state index is -1.02. The first kappa shape index (κ1) is 19.4. The maximum absolute atomic E-state index is 12.5. The first-order valence-electron chi connectivity index (χ1n) is 9.14. The number of hydrogen-bond donors (Lipinski definition) is 2. The maximum atomic E-state index is 12.5. The SMILES string of the molecule is COc1cc(OC)c2[nH]c(C(=O)OC(C)C(=O)Nc3ccc4c(c3)OCO4)cc2c1. The van der Waals surface area contributed by atoms with E-state index in [1.54, 1.807) is 43.5 Å². The molecule has 0 radical (unpaired) electrons. The van der Waals surface area contributed by atoms with Crippen LogP contribution in [0.5, 0.6) is 23.0 Å². The van der Waals surface area contributed by atoms with Gasteiger partial charge in [-0.3, -0.25) is 4.79 Å². The van der Waals surface area contributed by atoms with Crippen molar-refractivity contribution < 1.29 is 33.3 Å². The number of nitrogens with one attached hydrogen (secondary N) is 2. The minimum Gasteiger partial charge on any atom is -0.497 e. The van der Waals surface area contributed by atoms with Crippen LogP contribution in [0.3, 0.4) is 0 Å². The van der Waals surface area contributed by atoms with Crippen LogP contribution in [-0.2, 0) is 9.53 Å². The molecule has 1 amide bonds. The first-order chi connectivity index (χ1) is 14.5. The fourth-order valence-electron chi connectivity index (χ4n) is 3.07. The van der Waals surface area contributed by atoms with Gasteiger partial charge in [-0.05, 0) is 31.2 Å². The lowest BCUT2D eigenvalue weighted by molar-refractivity contribution is -0.123. The van der Waals surface area contributed by atoms with Gasteiger partial charge in [0.25, 0.3) is 5.91 Å². The molecule has 0 spiro atoms. The van der Waals surface area contributed by atoms with E-state index in [2.05, 4.69) is 10.3 Å². The van der Waals surface area contributed by atoms with Crippen molar-refractivity contribution >= 4 is 28.5 Å². The average molecular weight is 412 g/mol. The van der Waals surface area contributed by atoms with E-state index in [1.165, 1.54) is 14.0 Å². The summed E-state index contributed by atoms with van der Waals surface area (Å²) in [7, 11) is 3.07. The molecule has 1 aromatic heterocycles. The number of H-pyrrole nitrogens is 1. The van der Waals surface area contributed by atoms with Crippen LogP contribution in [0.25, 0.3) is 10.9 Å². The third-order valence-corrected chi connectivity index (χ3v) is 4.63. The van der Waals surface area contributed by atoms with Crippen LogP contribution in [0.2, 0.25) is 0 Å². The highest BCUT2D eigenvalue weighted by atomic mass is 16.7. The number of hydrogen-bond acceptors (Lipinski definition) is 7. The molecule has 1 aliphatic heterocycles. The molecule has 30 heavy (non-hydrogen) atoms. The number of ether oxygens (including phenoxy) is 5. The van der Waals surface area contributed by atoms with Gasteiger partial charge in [0.15, 0.2) is 17.6 Å². The van der Waals surface area contributed by atoms with Crippen LogP contribution in [0.4, 0.5) is 5.69 Å². The third kappa shape index (κ3) is 3.69. The van der Waals surface area contributed by atoms with Crippen LogP contribution in [-0.4, -0.2) is 44.0 Å². The number of fused-ring (bicyclic) bond motifs is 2.